The fraction of sp³-hybridized carbons (Fsp3) is 0.0882. The van der Waals surface area contributed by atoms with Gasteiger partial charge in [0.1, 0.15) is 17.0 Å². The molecule has 0 bridgehead atoms. The Bertz CT molecular complexity index is 1910. The van der Waals surface area contributed by atoms with Gasteiger partial charge in [0.2, 0.25) is 0 Å². The number of rotatable bonds is 4. The zero-order valence-corrected chi connectivity index (χ0v) is 20.8. The summed E-state index contributed by atoms with van der Waals surface area (Å²) in [6.07, 6.45) is 0. The highest BCUT2D eigenvalue weighted by molar-refractivity contribution is 6.09. The van der Waals surface area contributed by atoms with Crippen LogP contribution in [0, 0.1) is 0 Å². The highest BCUT2D eigenvalue weighted by atomic mass is 16.3. The fourth-order valence-electron chi connectivity index (χ4n) is 5.43. The maximum Gasteiger partial charge on any atom is 0.146 e. The number of fused-ring (bicyclic) bond motifs is 4. The highest BCUT2D eigenvalue weighted by Crippen LogP contribution is 2.39. The summed E-state index contributed by atoms with van der Waals surface area (Å²) in [5, 5.41) is 2.30. The van der Waals surface area contributed by atoms with Crippen molar-refractivity contribution >= 4 is 33.0 Å². The first-order chi connectivity index (χ1) is 18.2. The number of para-hydroxylation sites is 5. The lowest BCUT2D eigenvalue weighted by molar-refractivity contribution is 0.670. The van der Waals surface area contributed by atoms with Crippen LogP contribution in [0.4, 0.5) is 0 Å². The molecule has 37 heavy (non-hydrogen) atoms. The van der Waals surface area contributed by atoms with Gasteiger partial charge in [0.15, 0.2) is 0 Å². The number of aromatic nitrogens is 2. The van der Waals surface area contributed by atoms with Crippen LogP contribution in [-0.2, 0) is 0 Å². The van der Waals surface area contributed by atoms with Crippen LogP contribution in [0.2, 0.25) is 0 Å². The SMILES string of the molecule is CC(C)c1cc(-c2cccc3c2oc2ccccc23)ccc1-c1nc2ccccc2n1-c1ccccc1. The summed E-state index contributed by atoms with van der Waals surface area (Å²) < 4.78 is 8.63. The Balaban J connectivity index is 1.46. The van der Waals surface area contributed by atoms with Crippen LogP contribution in [0.5, 0.6) is 0 Å². The van der Waals surface area contributed by atoms with Gasteiger partial charge in [-0.1, -0.05) is 98.8 Å². The molecule has 0 aliphatic carbocycles. The number of hydrogen-bond donors (Lipinski definition) is 0. The van der Waals surface area contributed by atoms with Gasteiger partial charge >= 0.3 is 0 Å². The fourth-order valence-corrected chi connectivity index (χ4v) is 5.43. The molecule has 2 heterocycles. The molecule has 0 atom stereocenters. The number of furan rings is 1. The zero-order valence-electron chi connectivity index (χ0n) is 20.8. The molecule has 0 amide bonds. The minimum atomic E-state index is 0.314. The molecule has 3 heteroatoms. The number of hydrogen-bond acceptors (Lipinski definition) is 2. The van der Waals surface area contributed by atoms with Crippen LogP contribution in [-0.4, -0.2) is 9.55 Å². The van der Waals surface area contributed by atoms with Crippen molar-refractivity contribution in [2.75, 3.05) is 0 Å². The second-order valence-corrected chi connectivity index (χ2v) is 9.83. The van der Waals surface area contributed by atoms with Crippen molar-refractivity contribution in [3.63, 3.8) is 0 Å². The van der Waals surface area contributed by atoms with Crippen molar-refractivity contribution < 1.29 is 4.42 Å². The molecule has 178 valence electrons. The molecule has 2 aromatic heterocycles. The molecule has 0 aliphatic rings. The molecule has 0 spiro atoms. The van der Waals surface area contributed by atoms with Gasteiger partial charge in [-0.25, -0.2) is 4.98 Å². The van der Waals surface area contributed by atoms with E-state index in [2.05, 4.69) is 122 Å². The van der Waals surface area contributed by atoms with E-state index in [0.29, 0.717) is 5.92 Å². The van der Waals surface area contributed by atoms with Gasteiger partial charge in [0, 0.05) is 27.6 Å². The lowest BCUT2D eigenvalue weighted by atomic mass is 9.91. The minimum absolute atomic E-state index is 0.314. The molecule has 0 aliphatic heterocycles. The predicted molar refractivity (Wildman–Crippen MR) is 153 cm³/mol. The third-order valence-corrected chi connectivity index (χ3v) is 7.20. The molecular formula is C34H26N2O. The van der Waals surface area contributed by atoms with E-state index in [1.165, 1.54) is 5.56 Å². The van der Waals surface area contributed by atoms with E-state index in [1.54, 1.807) is 0 Å². The lowest BCUT2D eigenvalue weighted by Crippen LogP contribution is -2.01. The molecule has 0 radical (unpaired) electrons. The van der Waals surface area contributed by atoms with Gasteiger partial charge in [0.25, 0.3) is 0 Å². The second kappa shape index (κ2) is 8.49. The molecule has 7 rings (SSSR count). The third kappa shape index (κ3) is 3.47. The van der Waals surface area contributed by atoms with Crippen LogP contribution >= 0.6 is 0 Å². The normalized spacial score (nSPS) is 11.8. The Hall–Kier alpha value is -4.63. The highest BCUT2D eigenvalue weighted by Gasteiger charge is 2.20. The van der Waals surface area contributed by atoms with E-state index in [1.807, 2.05) is 12.1 Å². The Morgan fingerprint density at radius 1 is 0.676 bits per heavy atom. The molecular weight excluding hydrogens is 452 g/mol. The topological polar surface area (TPSA) is 31.0 Å². The number of nitrogens with zero attached hydrogens (tertiary/aromatic N) is 2. The summed E-state index contributed by atoms with van der Waals surface area (Å²) in [5.41, 5.74) is 9.73. The van der Waals surface area contributed by atoms with Gasteiger partial charge in [-0.3, -0.25) is 4.57 Å². The molecule has 0 saturated carbocycles. The number of benzene rings is 5. The van der Waals surface area contributed by atoms with Crippen LogP contribution in [0.1, 0.15) is 25.3 Å². The Morgan fingerprint density at radius 2 is 1.43 bits per heavy atom. The van der Waals surface area contributed by atoms with Crippen molar-refractivity contribution in [2.45, 2.75) is 19.8 Å². The van der Waals surface area contributed by atoms with Crippen molar-refractivity contribution in [2.24, 2.45) is 0 Å². The largest absolute Gasteiger partial charge is 0.455 e. The summed E-state index contributed by atoms with van der Waals surface area (Å²) in [6.45, 7) is 4.50. The van der Waals surface area contributed by atoms with Crippen LogP contribution in [0.3, 0.4) is 0 Å². The second-order valence-electron chi connectivity index (χ2n) is 9.83. The first-order valence-corrected chi connectivity index (χ1v) is 12.8. The predicted octanol–water partition coefficient (Wildman–Crippen LogP) is 9.38. The molecule has 5 aromatic carbocycles. The lowest BCUT2D eigenvalue weighted by Gasteiger charge is -2.17. The molecule has 0 saturated heterocycles. The van der Waals surface area contributed by atoms with Crippen LogP contribution in [0.15, 0.2) is 120 Å². The van der Waals surface area contributed by atoms with Crippen molar-refractivity contribution in [3.8, 4) is 28.2 Å². The Kier molecular flexibility index (Phi) is 4.97. The van der Waals surface area contributed by atoms with Crippen molar-refractivity contribution in [1.29, 1.82) is 0 Å². The monoisotopic (exact) mass is 478 g/mol. The van der Waals surface area contributed by atoms with E-state index in [-0.39, 0.29) is 0 Å². The van der Waals surface area contributed by atoms with Crippen LogP contribution in [0.25, 0.3) is 61.2 Å². The van der Waals surface area contributed by atoms with Gasteiger partial charge < -0.3 is 4.42 Å². The summed E-state index contributed by atoms with van der Waals surface area (Å²) >= 11 is 0. The van der Waals surface area contributed by atoms with Gasteiger partial charge in [-0.15, -0.1) is 0 Å². The summed E-state index contributed by atoms with van der Waals surface area (Å²) in [7, 11) is 0. The van der Waals surface area contributed by atoms with E-state index in [9.17, 15) is 0 Å². The van der Waals surface area contributed by atoms with Crippen LogP contribution < -0.4 is 0 Å². The van der Waals surface area contributed by atoms with E-state index < -0.39 is 0 Å². The maximum absolute atomic E-state index is 6.35. The van der Waals surface area contributed by atoms with Gasteiger partial charge in [-0.05, 0) is 47.4 Å². The number of imidazole rings is 1. The van der Waals surface area contributed by atoms with E-state index >= 15 is 0 Å². The average Bonchev–Trinajstić information content (AvgIpc) is 3.52. The van der Waals surface area contributed by atoms with Crippen molar-refractivity contribution in [1.82, 2.24) is 9.55 Å². The van der Waals surface area contributed by atoms with Gasteiger partial charge in [-0.2, -0.15) is 0 Å². The summed E-state index contributed by atoms with van der Waals surface area (Å²) in [6, 6.07) is 40.3. The average molecular weight is 479 g/mol. The smallest absolute Gasteiger partial charge is 0.146 e. The van der Waals surface area contributed by atoms with Crippen molar-refractivity contribution in [3.05, 3.63) is 121 Å². The Labute approximate surface area is 215 Å². The first-order valence-electron chi connectivity index (χ1n) is 12.8. The Morgan fingerprint density at radius 3 is 2.30 bits per heavy atom. The quantitative estimate of drug-likeness (QED) is 0.252. The summed E-state index contributed by atoms with van der Waals surface area (Å²) in [5.74, 6) is 1.28. The van der Waals surface area contributed by atoms with E-state index in [4.69, 9.17) is 9.40 Å². The minimum Gasteiger partial charge on any atom is -0.455 e. The van der Waals surface area contributed by atoms with E-state index in [0.717, 1.165) is 61.2 Å². The molecule has 0 N–H and O–H groups in total. The third-order valence-electron chi connectivity index (χ3n) is 7.20. The molecule has 3 nitrogen and oxygen atoms in total. The molecule has 7 aromatic rings. The first kappa shape index (κ1) is 21.6. The zero-order chi connectivity index (χ0) is 24.9. The van der Waals surface area contributed by atoms with Gasteiger partial charge in [0.05, 0.1) is 11.0 Å². The maximum atomic E-state index is 6.35. The standard InChI is InChI=1S/C34H26N2O/c1-22(2)29-21-23(25-14-10-15-27-26-13-6-9-18-32(26)37-33(25)27)19-20-28(29)34-35-30-16-7-8-17-31(30)36(34)24-11-4-3-5-12-24/h3-22H,1-2H3. The molecule has 0 unspecified atom stereocenters. The molecule has 0 fully saturated rings. The summed E-state index contributed by atoms with van der Waals surface area (Å²) in [4.78, 5) is 5.13.